The smallest absolute Gasteiger partial charge is 0.238 e. The first-order chi connectivity index (χ1) is 12.3. The van der Waals surface area contributed by atoms with E-state index in [-0.39, 0.29) is 17.1 Å². The van der Waals surface area contributed by atoms with Gasteiger partial charge in [-0.1, -0.05) is 57.2 Å². The summed E-state index contributed by atoms with van der Waals surface area (Å²) in [6.45, 7) is 6.26. The molecular formula is C23H25NO2. The molecule has 0 saturated heterocycles. The van der Waals surface area contributed by atoms with E-state index < -0.39 is 10.8 Å². The van der Waals surface area contributed by atoms with Gasteiger partial charge in [-0.2, -0.15) is 0 Å². The minimum Gasteiger partial charge on any atom is -0.299 e. The SMILES string of the molecule is CC1(C)[C@@]2(C(=O)N(c3ccccc3)c3ccccc3)CC[C@]1(C)C(=O)C2. The lowest BCUT2D eigenvalue weighted by Gasteiger charge is -2.41. The zero-order valence-electron chi connectivity index (χ0n) is 15.7. The molecule has 26 heavy (non-hydrogen) atoms. The number of ketones is 1. The van der Waals surface area contributed by atoms with Gasteiger partial charge >= 0.3 is 0 Å². The predicted molar refractivity (Wildman–Crippen MR) is 103 cm³/mol. The van der Waals surface area contributed by atoms with Crippen molar-refractivity contribution in [3.8, 4) is 0 Å². The Hall–Kier alpha value is -2.42. The Kier molecular flexibility index (Phi) is 3.62. The zero-order valence-corrected chi connectivity index (χ0v) is 15.7. The number of carbonyl (C=O) groups excluding carboxylic acids is 2. The molecule has 0 aromatic heterocycles. The molecule has 2 aromatic carbocycles. The van der Waals surface area contributed by atoms with E-state index in [0.717, 1.165) is 24.2 Å². The number of Topliss-reactive ketones (excluding diaryl/α,β-unsaturated/α-hetero) is 1. The summed E-state index contributed by atoms with van der Waals surface area (Å²) < 4.78 is 0. The molecule has 2 atom stereocenters. The second kappa shape index (κ2) is 5.54. The van der Waals surface area contributed by atoms with Gasteiger partial charge in [0.1, 0.15) is 5.78 Å². The van der Waals surface area contributed by atoms with Gasteiger partial charge in [0.25, 0.3) is 0 Å². The lowest BCUT2D eigenvalue weighted by molar-refractivity contribution is -0.133. The molecule has 0 radical (unpaired) electrons. The normalized spacial score (nSPS) is 29.0. The second-order valence-electron chi connectivity index (χ2n) is 8.45. The molecule has 1 amide bonds. The van der Waals surface area contributed by atoms with Crippen molar-refractivity contribution in [3.63, 3.8) is 0 Å². The fraction of sp³-hybridized carbons (Fsp3) is 0.391. The highest BCUT2D eigenvalue weighted by molar-refractivity contribution is 6.09. The van der Waals surface area contributed by atoms with E-state index in [4.69, 9.17) is 0 Å². The molecule has 0 spiro atoms. The van der Waals surface area contributed by atoms with E-state index in [0.29, 0.717) is 6.42 Å². The summed E-state index contributed by atoms with van der Waals surface area (Å²) in [4.78, 5) is 28.6. The summed E-state index contributed by atoms with van der Waals surface area (Å²) in [7, 11) is 0. The molecule has 2 aromatic rings. The fourth-order valence-corrected chi connectivity index (χ4v) is 5.08. The van der Waals surface area contributed by atoms with E-state index in [1.54, 1.807) is 0 Å². The van der Waals surface area contributed by atoms with Gasteiger partial charge in [-0.3, -0.25) is 14.5 Å². The van der Waals surface area contributed by atoms with Crippen LogP contribution in [0, 0.1) is 16.2 Å². The molecule has 134 valence electrons. The van der Waals surface area contributed by atoms with Gasteiger partial charge in [0.05, 0.1) is 5.41 Å². The average molecular weight is 347 g/mol. The molecule has 3 heteroatoms. The van der Waals surface area contributed by atoms with Crippen molar-refractivity contribution in [2.75, 3.05) is 4.90 Å². The van der Waals surface area contributed by atoms with Crippen molar-refractivity contribution in [2.45, 2.75) is 40.0 Å². The fourth-order valence-electron chi connectivity index (χ4n) is 5.08. The van der Waals surface area contributed by atoms with Crippen molar-refractivity contribution < 1.29 is 9.59 Å². The van der Waals surface area contributed by atoms with Gasteiger partial charge in [-0.25, -0.2) is 0 Å². The third-order valence-electron chi connectivity index (χ3n) is 7.35. The summed E-state index contributed by atoms with van der Waals surface area (Å²) >= 11 is 0. The number of nitrogens with zero attached hydrogens (tertiary/aromatic N) is 1. The predicted octanol–water partition coefficient (Wildman–Crippen LogP) is 5.14. The molecule has 4 rings (SSSR count). The number of para-hydroxylation sites is 2. The maximum Gasteiger partial charge on any atom is 0.238 e. The van der Waals surface area contributed by atoms with Crippen LogP contribution < -0.4 is 4.90 Å². The van der Waals surface area contributed by atoms with E-state index in [9.17, 15) is 9.59 Å². The van der Waals surface area contributed by atoms with Gasteiger partial charge in [0, 0.05) is 23.2 Å². The Morgan fingerprint density at radius 3 is 1.73 bits per heavy atom. The molecule has 2 fully saturated rings. The van der Waals surface area contributed by atoms with E-state index in [1.165, 1.54) is 0 Å². The summed E-state index contributed by atoms with van der Waals surface area (Å²) in [5.74, 6) is 0.289. The summed E-state index contributed by atoms with van der Waals surface area (Å²) in [6.07, 6.45) is 1.92. The van der Waals surface area contributed by atoms with Crippen molar-refractivity contribution in [3.05, 3.63) is 60.7 Å². The first-order valence-corrected chi connectivity index (χ1v) is 9.31. The Labute approximate surface area is 155 Å². The van der Waals surface area contributed by atoms with Crippen LogP contribution in [0.1, 0.15) is 40.0 Å². The standard InChI is InChI=1S/C23H25NO2/c1-21(2)22(3)14-15-23(21,16-19(22)25)20(26)24(17-10-6-4-7-11-17)18-12-8-5-9-13-18/h4-13H,14-16H2,1-3H3/t22-,23+/m1/s1. The number of anilines is 2. The summed E-state index contributed by atoms with van der Waals surface area (Å²) in [5, 5.41) is 0. The molecule has 3 nitrogen and oxygen atoms in total. The first kappa shape index (κ1) is 17.0. The Bertz CT molecular complexity index is 819. The monoisotopic (exact) mass is 347 g/mol. The van der Waals surface area contributed by atoms with Gasteiger partial charge in [-0.05, 0) is 42.5 Å². The topological polar surface area (TPSA) is 37.4 Å². The number of hydrogen-bond acceptors (Lipinski definition) is 2. The molecule has 0 aliphatic heterocycles. The van der Waals surface area contributed by atoms with Crippen LogP contribution in [0.5, 0.6) is 0 Å². The van der Waals surface area contributed by atoms with E-state index in [2.05, 4.69) is 13.8 Å². The minimum atomic E-state index is -0.634. The average Bonchev–Trinajstić information content (AvgIpc) is 2.94. The number of benzene rings is 2. The van der Waals surface area contributed by atoms with Gasteiger partial charge in [0.2, 0.25) is 5.91 Å². The van der Waals surface area contributed by atoms with Crippen LogP contribution in [-0.4, -0.2) is 11.7 Å². The van der Waals surface area contributed by atoms with Crippen molar-refractivity contribution in [1.29, 1.82) is 0 Å². The van der Waals surface area contributed by atoms with Crippen molar-refractivity contribution in [1.82, 2.24) is 0 Å². The number of amides is 1. The summed E-state index contributed by atoms with van der Waals surface area (Å²) in [5.41, 5.74) is 0.311. The van der Waals surface area contributed by atoms with Crippen molar-refractivity contribution in [2.24, 2.45) is 16.2 Å². The molecular weight excluding hydrogens is 322 g/mol. The largest absolute Gasteiger partial charge is 0.299 e. The van der Waals surface area contributed by atoms with Crippen LogP contribution in [0.25, 0.3) is 0 Å². The van der Waals surface area contributed by atoms with E-state index >= 15 is 0 Å². The quantitative estimate of drug-likeness (QED) is 0.771. The van der Waals surface area contributed by atoms with Crippen LogP contribution in [-0.2, 0) is 9.59 Å². The highest BCUT2D eigenvalue weighted by atomic mass is 16.2. The second-order valence-corrected chi connectivity index (χ2v) is 8.45. The minimum absolute atomic E-state index is 0.0504. The number of carbonyl (C=O) groups is 2. The van der Waals surface area contributed by atoms with Gasteiger partial charge < -0.3 is 0 Å². The van der Waals surface area contributed by atoms with E-state index in [1.807, 2.05) is 72.5 Å². The van der Waals surface area contributed by atoms with Crippen molar-refractivity contribution >= 4 is 23.1 Å². The van der Waals surface area contributed by atoms with Gasteiger partial charge in [0.15, 0.2) is 0 Å². The Balaban J connectivity index is 1.86. The molecule has 0 N–H and O–H groups in total. The van der Waals surface area contributed by atoms with Crippen LogP contribution in [0.3, 0.4) is 0 Å². The molecule has 2 bridgehead atoms. The third-order valence-corrected chi connectivity index (χ3v) is 7.35. The molecule has 2 aliphatic rings. The van der Waals surface area contributed by atoms with Crippen LogP contribution in [0.2, 0.25) is 0 Å². The highest BCUT2D eigenvalue weighted by Gasteiger charge is 2.73. The first-order valence-electron chi connectivity index (χ1n) is 9.31. The zero-order chi connectivity index (χ0) is 18.6. The Morgan fingerprint density at radius 2 is 1.35 bits per heavy atom. The van der Waals surface area contributed by atoms with Crippen LogP contribution in [0.15, 0.2) is 60.7 Å². The molecule has 2 aliphatic carbocycles. The molecule has 2 saturated carbocycles. The lowest BCUT2D eigenvalue weighted by Crippen LogP contribution is -2.47. The molecule has 0 heterocycles. The summed E-state index contributed by atoms with van der Waals surface area (Å²) in [6, 6.07) is 19.5. The van der Waals surface area contributed by atoms with Gasteiger partial charge in [-0.15, -0.1) is 0 Å². The van der Waals surface area contributed by atoms with Crippen LogP contribution in [0.4, 0.5) is 11.4 Å². The maximum absolute atomic E-state index is 14.0. The Morgan fingerprint density at radius 1 is 0.846 bits per heavy atom. The number of rotatable bonds is 3. The lowest BCUT2D eigenvalue weighted by atomic mass is 9.64. The molecule has 0 unspecified atom stereocenters. The number of hydrogen-bond donors (Lipinski definition) is 0. The van der Waals surface area contributed by atoms with Crippen LogP contribution >= 0.6 is 0 Å². The number of fused-ring (bicyclic) bond motifs is 2. The highest BCUT2D eigenvalue weighted by Crippen LogP contribution is 2.71. The third kappa shape index (κ3) is 2.00. The maximum atomic E-state index is 14.0.